The SMILES string of the molecule is CC(C)c1c(C#Cc2nc(N[C@@H]3CCOC[C@H]3O)ncc2Cl)cncc1C(C)(C)O. The third kappa shape index (κ3) is 5.27. The lowest BCUT2D eigenvalue weighted by atomic mass is 9.86. The predicted octanol–water partition coefficient (Wildman–Crippen LogP) is 2.84. The molecule has 0 unspecified atom stereocenters. The second-order valence-corrected chi connectivity index (χ2v) is 8.59. The van der Waals surface area contributed by atoms with Crippen molar-refractivity contribution in [3.63, 3.8) is 0 Å². The first kappa shape index (κ1) is 22.4. The van der Waals surface area contributed by atoms with Gasteiger partial charge in [-0.15, -0.1) is 0 Å². The number of anilines is 1. The number of pyridine rings is 1. The van der Waals surface area contributed by atoms with Crippen molar-refractivity contribution in [1.29, 1.82) is 0 Å². The molecule has 30 heavy (non-hydrogen) atoms. The quantitative estimate of drug-likeness (QED) is 0.641. The van der Waals surface area contributed by atoms with Crippen LogP contribution in [0.2, 0.25) is 5.02 Å². The highest BCUT2D eigenvalue weighted by molar-refractivity contribution is 6.31. The van der Waals surface area contributed by atoms with Crippen LogP contribution in [0.4, 0.5) is 5.95 Å². The Labute approximate surface area is 181 Å². The second kappa shape index (κ2) is 9.27. The number of rotatable bonds is 4. The molecule has 2 aromatic heterocycles. The number of halogens is 1. The van der Waals surface area contributed by atoms with Crippen molar-refractivity contribution in [3.05, 3.63) is 46.0 Å². The fourth-order valence-corrected chi connectivity index (χ4v) is 3.53. The summed E-state index contributed by atoms with van der Waals surface area (Å²) in [5.41, 5.74) is 1.75. The van der Waals surface area contributed by atoms with Crippen molar-refractivity contribution in [2.45, 2.75) is 57.8 Å². The summed E-state index contributed by atoms with van der Waals surface area (Å²) in [6, 6.07) is -0.194. The molecular formula is C22H27ClN4O3. The van der Waals surface area contributed by atoms with E-state index in [1.54, 1.807) is 26.2 Å². The summed E-state index contributed by atoms with van der Waals surface area (Å²) in [7, 11) is 0. The lowest BCUT2D eigenvalue weighted by molar-refractivity contribution is -0.0136. The number of nitrogens with one attached hydrogen (secondary N) is 1. The summed E-state index contributed by atoms with van der Waals surface area (Å²) in [4.78, 5) is 12.9. The van der Waals surface area contributed by atoms with Crippen LogP contribution >= 0.6 is 11.6 Å². The number of nitrogens with zero attached hydrogens (tertiary/aromatic N) is 3. The molecule has 0 saturated carbocycles. The maximum absolute atomic E-state index is 10.5. The van der Waals surface area contributed by atoms with E-state index in [0.717, 1.165) is 11.1 Å². The van der Waals surface area contributed by atoms with Gasteiger partial charge >= 0.3 is 0 Å². The van der Waals surface area contributed by atoms with Crippen molar-refractivity contribution in [3.8, 4) is 11.8 Å². The Balaban J connectivity index is 1.93. The molecule has 0 amide bonds. The van der Waals surface area contributed by atoms with Crippen LogP contribution in [0, 0.1) is 11.8 Å². The zero-order valence-electron chi connectivity index (χ0n) is 17.6. The maximum Gasteiger partial charge on any atom is 0.224 e. The van der Waals surface area contributed by atoms with Gasteiger partial charge in [0.1, 0.15) is 5.69 Å². The van der Waals surface area contributed by atoms with E-state index in [1.165, 1.54) is 6.20 Å². The van der Waals surface area contributed by atoms with Gasteiger partial charge in [-0.3, -0.25) is 4.98 Å². The molecule has 0 aromatic carbocycles. The van der Waals surface area contributed by atoms with Gasteiger partial charge in [0.05, 0.1) is 35.6 Å². The Morgan fingerprint density at radius 1 is 1.27 bits per heavy atom. The van der Waals surface area contributed by atoms with Crippen LogP contribution in [0.25, 0.3) is 0 Å². The minimum Gasteiger partial charge on any atom is -0.389 e. The van der Waals surface area contributed by atoms with Gasteiger partial charge in [0.2, 0.25) is 5.95 Å². The van der Waals surface area contributed by atoms with Gasteiger partial charge in [-0.05, 0) is 37.7 Å². The zero-order chi connectivity index (χ0) is 21.9. The smallest absolute Gasteiger partial charge is 0.224 e. The summed E-state index contributed by atoms with van der Waals surface area (Å²) in [5, 5.41) is 24.0. The molecule has 1 aliphatic rings. The van der Waals surface area contributed by atoms with E-state index >= 15 is 0 Å². The highest BCUT2D eigenvalue weighted by atomic mass is 35.5. The average Bonchev–Trinajstić information content (AvgIpc) is 2.69. The van der Waals surface area contributed by atoms with Gasteiger partial charge < -0.3 is 20.3 Å². The van der Waals surface area contributed by atoms with Crippen LogP contribution in [0.3, 0.4) is 0 Å². The molecule has 1 saturated heterocycles. The molecule has 0 radical (unpaired) electrons. The van der Waals surface area contributed by atoms with E-state index in [1.807, 2.05) is 0 Å². The molecule has 160 valence electrons. The van der Waals surface area contributed by atoms with Gasteiger partial charge in [-0.1, -0.05) is 31.4 Å². The molecule has 0 bridgehead atoms. The van der Waals surface area contributed by atoms with Crippen molar-refractivity contribution in [2.24, 2.45) is 0 Å². The van der Waals surface area contributed by atoms with Crippen LogP contribution < -0.4 is 5.32 Å². The average molecular weight is 431 g/mol. The first-order chi connectivity index (χ1) is 14.2. The Hall–Kier alpha value is -2.24. The van der Waals surface area contributed by atoms with Crippen LogP contribution in [-0.2, 0) is 10.3 Å². The normalized spacial score (nSPS) is 19.3. The number of hydrogen-bond donors (Lipinski definition) is 3. The lowest BCUT2D eigenvalue weighted by Crippen LogP contribution is -2.42. The van der Waals surface area contributed by atoms with Crippen LogP contribution in [0.5, 0.6) is 0 Å². The number of aliphatic hydroxyl groups excluding tert-OH is 1. The Morgan fingerprint density at radius 2 is 2.03 bits per heavy atom. The van der Waals surface area contributed by atoms with E-state index < -0.39 is 11.7 Å². The van der Waals surface area contributed by atoms with Crippen molar-refractivity contribution < 1.29 is 14.9 Å². The summed E-state index contributed by atoms with van der Waals surface area (Å²) >= 11 is 6.26. The van der Waals surface area contributed by atoms with Crippen molar-refractivity contribution >= 4 is 17.5 Å². The topological polar surface area (TPSA) is 100 Å². The van der Waals surface area contributed by atoms with E-state index in [4.69, 9.17) is 16.3 Å². The molecule has 2 aromatic rings. The minimum atomic E-state index is -1.03. The molecule has 1 aliphatic heterocycles. The molecule has 0 aliphatic carbocycles. The van der Waals surface area contributed by atoms with Crippen LogP contribution in [-0.4, -0.2) is 50.5 Å². The minimum absolute atomic E-state index is 0.145. The standard InChI is InChI=1S/C22H27ClN4O3/c1-13(2)20-14(9-24-10-15(20)22(3,4)29)5-6-17-16(23)11-25-21(26-17)27-18-7-8-30-12-19(18)28/h9-11,13,18-19,28-29H,7-8,12H2,1-4H3,(H,25,26,27)/t18-,19-/m1/s1. The number of hydrogen-bond acceptors (Lipinski definition) is 7. The lowest BCUT2D eigenvalue weighted by Gasteiger charge is -2.28. The molecule has 3 N–H and O–H groups in total. The fraction of sp³-hybridized carbons (Fsp3) is 0.500. The number of aliphatic hydroxyl groups is 2. The Bertz CT molecular complexity index is 963. The van der Waals surface area contributed by atoms with Gasteiger partial charge in [-0.25, -0.2) is 9.97 Å². The summed E-state index contributed by atoms with van der Waals surface area (Å²) in [6.45, 7) is 8.41. The van der Waals surface area contributed by atoms with Crippen LogP contribution in [0.15, 0.2) is 18.6 Å². The molecule has 8 heteroatoms. The summed E-state index contributed by atoms with van der Waals surface area (Å²) in [5.74, 6) is 6.61. The van der Waals surface area contributed by atoms with E-state index in [0.29, 0.717) is 35.3 Å². The van der Waals surface area contributed by atoms with E-state index in [-0.39, 0.29) is 18.6 Å². The molecule has 3 rings (SSSR count). The van der Waals surface area contributed by atoms with Gasteiger partial charge in [0.25, 0.3) is 0 Å². The van der Waals surface area contributed by atoms with Gasteiger partial charge in [0.15, 0.2) is 0 Å². The third-order valence-electron chi connectivity index (χ3n) is 4.92. The second-order valence-electron chi connectivity index (χ2n) is 8.18. The molecule has 1 fully saturated rings. The molecule has 7 nitrogen and oxygen atoms in total. The summed E-state index contributed by atoms with van der Waals surface area (Å²) < 4.78 is 5.25. The predicted molar refractivity (Wildman–Crippen MR) is 115 cm³/mol. The van der Waals surface area contributed by atoms with Crippen LogP contribution in [0.1, 0.15) is 62.4 Å². The van der Waals surface area contributed by atoms with Gasteiger partial charge in [-0.2, -0.15) is 0 Å². The maximum atomic E-state index is 10.5. The first-order valence-electron chi connectivity index (χ1n) is 9.94. The largest absolute Gasteiger partial charge is 0.389 e. The number of aromatic nitrogens is 3. The summed E-state index contributed by atoms with van der Waals surface area (Å²) in [6.07, 6.45) is 4.88. The monoisotopic (exact) mass is 430 g/mol. The van der Waals surface area contributed by atoms with Crippen molar-refractivity contribution in [2.75, 3.05) is 18.5 Å². The first-order valence-corrected chi connectivity index (χ1v) is 10.3. The highest BCUT2D eigenvalue weighted by Gasteiger charge is 2.25. The fourth-order valence-electron chi connectivity index (χ4n) is 3.39. The van der Waals surface area contributed by atoms with E-state index in [9.17, 15) is 10.2 Å². The molecule has 0 spiro atoms. The molecular weight excluding hydrogens is 404 g/mol. The van der Waals surface area contributed by atoms with Gasteiger partial charge in [0, 0.05) is 30.1 Å². The zero-order valence-corrected chi connectivity index (χ0v) is 18.4. The Morgan fingerprint density at radius 3 is 2.70 bits per heavy atom. The van der Waals surface area contributed by atoms with Crippen molar-refractivity contribution in [1.82, 2.24) is 15.0 Å². The highest BCUT2D eigenvalue weighted by Crippen LogP contribution is 2.30. The molecule has 2 atom stereocenters. The van der Waals surface area contributed by atoms with E-state index in [2.05, 4.69) is 46.0 Å². The number of ether oxygens (including phenoxy) is 1. The third-order valence-corrected chi connectivity index (χ3v) is 5.20. The Kier molecular flexibility index (Phi) is 6.94. The molecule has 3 heterocycles.